The van der Waals surface area contributed by atoms with Crippen LogP contribution in [-0.4, -0.2) is 28.2 Å². The SMILES string of the molecule is CC(C)(C)CC(N)CC(=O)NC(C)(C)C(C)(C)O. The Balaban J connectivity index is 4.37. The van der Waals surface area contributed by atoms with Crippen molar-refractivity contribution in [3.8, 4) is 0 Å². The molecule has 18 heavy (non-hydrogen) atoms. The number of carbonyl (C=O) groups excluding carboxylic acids is 1. The Morgan fingerprint density at radius 1 is 1.17 bits per heavy atom. The van der Waals surface area contributed by atoms with Crippen LogP contribution in [0.1, 0.15) is 61.3 Å². The second-order valence-electron chi connectivity index (χ2n) is 7.46. The first-order chi connectivity index (χ1) is 7.74. The van der Waals surface area contributed by atoms with E-state index < -0.39 is 11.1 Å². The molecule has 0 aromatic rings. The lowest BCUT2D eigenvalue weighted by Crippen LogP contribution is -2.58. The van der Waals surface area contributed by atoms with E-state index in [1.807, 2.05) is 0 Å². The fourth-order valence-corrected chi connectivity index (χ4v) is 1.65. The first kappa shape index (κ1) is 17.4. The molecule has 108 valence electrons. The van der Waals surface area contributed by atoms with Crippen molar-refractivity contribution in [2.24, 2.45) is 11.1 Å². The minimum Gasteiger partial charge on any atom is -0.388 e. The molecule has 0 aromatic heterocycles. The Kier molecular flexibility index (Phi) is 5.39. The fourth-order valence-electron chi connectivity index (χ4n) is 1.65. The summed E-state index contributed by atoms with van der Waals surface area (Å²) >= 11 is 0. The van der Waals surface area contributed by atoms with Crippen LogP contribution in [0.5, 0.6) is 0 Å². The molecule has 0 heterocycles. The highest BCUT2D eigenvalue weighted by atomic mass is 16.3. The van der Waals surface area contributed by atoms with E-state index in [1.165, 1.54) is 0 Å². The number of nitrogens with one attached hydrogen (secondary N) is 1. The van der Waals surface area contributed by atoms with Crippen molar-refractivity contribution in [1.82, 2.24) is 5.32 Å². The first-order valence-corrected chi connectivity index (χ1v) is 6.53. The second-order valence-corrected chi connectivity index (χ2v) is 7.46. The molecule has 0 saturated heterocycles. The minimum absolute atomic E-state index is 0.112. The van der Waals surface area contributed by atoms with Crippen LogP contribution in [0, 0.1) is 5.41 Å². The molecule has 0 bridgehead atoms. The molecule has 4 heteroatoms. The van der Waals surface area contributed by atoms with Crippen molar-refractivity contribution in [2.45, 2.75) is 78.5 Å². The lowest BCUT2D eigenvalue weighted by molar-refractivity contribution is -0.126. The third kappa shape index (κ3) is 6.36. The summed E-state index contributed by atoms with van der Waals surface area (Å²) in [4.78, 5) is 11.9. The molecule has 4 N–H and O–H groups in total. The Labute approximate surface area is 111 Å². The van der Waals surface area contributed by atoms with Gasteiger partial charge in [0.15, 0.2) is 0 Å². The van der Waals surface area contributed by atoms with Crippen LogP contribution >= 0.6 is 0 Å². The van der Waals surface area contributed by atoms with Gasteiger partial charge >= 0.3 is 0 Å². The highest BCUT2D eigenvalue weighted by Gasteiger charge is 2.36. The summed E-state index contributed by atoms with van der Waals surface area (Å²) in [6.07, 6.45) is 1.08. The van der Waals surface area contributed by atoms with Gasteiger partial charge < -0.3 is 16.2 Å². The molecule has 0 aliphatic heterocycles. The van der Waals surface area contributed by atoms with E-state index >= 15 is 0 Å². The summed E-state index contributed by atoms with van der Waals surface area (Å²) in [7, 11) is 0. The molecule has 1 unspecified atom stereocenters. The molecule has 0 radical (unpaired) electrons. The summed E-state index contributed by atoms with van der Waals surface area (Å²) in [5.74, 6) is -0.112. The fraction of sp³-hybridized carbons (Fsp3) is 0.929. The molecule has 4 nitrogen and oxygen atoms in total. The van der Waals surface area contributed by atoms with Gasteiger partial charge in [-0.3, -0.25) is 4.79 Å². The van der Waals surface area contributed by atoms with Crippen molar-refractivity contribution in [3.63, 3.8) is 0 Å². The van der Waals surface area contributed by atoms with Gasteiger partial charge in [-0.2, -0.15) is 0 Å². The van der Waals surface area contributed by atoms with Gasteiger partial charge in [0.05, 0.1) is 11.1 Å². The zero-order valence-corrected chi connectivity index (χ0v) is 12.9. The van der Waals surface area contributed by atoms with Gasteiger partial charge in [0.1, 0.15) is 0 Å². The number of amides is 1. The van der Waals surface area contributed by atoms with E-state index in [4.69, 9.17) is 5.73 Å². The van der Waals surface area contributed by atoms with Crippen molar-refractivity contribution >= 4 is 5.91 Å². The highest BCUT2D eigenvalue weighted by molar-refractivity contribution is 5.77. The van der Waals surface area contributed by atoms with Crippen molar-refractivity contribution in [3.05, 3.63) is 0 Å². The predicted molar refractivity (Wildman–Crippen MR) is 75.2 cm³/mol. The average Bonchev–Trinajstić information content (AvgIpc) is 1.94. The number of carbonyl (C=O) groups is 1. The topological polar surface area (TPSA) is 75.4 Å². The number of hydrogen-bond donors (Lipinski definition) is 3. The Hall–Kier alpha value is -0.610. The van der Waals surface area contributed by atoms with E-state index in [0.717, 1.165) is 6.42 Å². The molecule has 0 spiro atoms. The summed E-state index contributed by atoms with van der Waals surface area (Å²) in [6.45, 7) is 13.3. The first-order valence-electron chi connectivity index (χ1n) is 6.53. The van der Waals surface area contributed by atoms with Crippen LogP contribution in [0.3, 0.4) is 0 Å². The monoisotopic (exact) mass is 258 g/mol. The smallest absolute Gasteiger partial charge is 0.222 e. The molecule has 0 aliphatic rings. The van der Waals surface area contributed by atoms with Crippen molar-refractivity contribution < 1.29 is 9.90 Å². The maximum absolute atomic E-state index is 11.9. The molecule has 0 aliphatic carbocycles. The van der Waals surface area contributed by atoms with Gasteiger partial charge in [-0.05, 0) is 39.5 Å². The molecule has 1 amide bonds. The van der Waals surface area contributed by atoms with Crippen LogP contribution in [-0.2, 0) is 4.79 Å². The number of nitrogens with two attached hydrogens (primary N) is 1. The van der Waals surface area contributed by atoms with Gasteiger partial charge in [-0.1, -0.05) is 20.8 Å². The lowest BCUT2D eigenvalue weighted by Gasteiger charge is -2.38. The maximum atomic E-state index is 11.9. The summed E-state index contributed by atoms with van der Waals surface area (Å²) < 4.78 is 0. The van der Waals surface area contributed by atoms with Gasteiger partial charge in [0.2, 0.25) is 5.91 Å². The standard InChI is InChI=1S/C14H30N2O2/c1-12(2,3)9-10(15)8-11(17)16-13(4,5)14(6,7)18/h10,18H,8-9,15H2,1-7H3,(H,16,17). The van der Waals surface area contributed by atoms with Gasteiger partial charge in [0.25, 0.3) is 0 Å². The normalized spacial score (nSPS) is 15.4. The van der Waals surface area contributed by atoms with Crippen LogP contribution < -0.4 is 11.1 Å². The Bertz CT molecular complexity index is 285. The zero-order valence-electron chi connectivity index (χ0n) is 12.9. The lowest BCUT2D eigenvalue weighted by atomic mass is 9.85. The largest absolute Gasteiger partial charge is 0.388 e. The molecule has 0 saturated carbocycles. The maximum Gasteiger partial charge on any atom is 0.222 e. The summed E-state index contributed by atoms with van der Waals surface area (Å²) in [5.41, 5.74) is 4.43. The highest BCUT2D eigenvalue weighted by Crippen LogP contribution is 2.23. The summed E-state index contributed by atoms with van der Waals surface area (Å²) in [6, 6.07) is -0.150. The molecule has 0 rings (SSSR count). The zero-order chi connectivity index (χ0) is 14.8. The predicted octanol–water partition coefficient (Wildman–Crippen LogP) is 1.81. The third-order valence-corrected chi connectivity index (χ3v) is 3.30. The van der Waals surface area contributed by atoms with Crippen LogP contribution in [0.2, 0.25) is 0 Å². The van der Waals surface area contributed by atoms with Gasteiger partial charge in [-0.15, -0.1) is 0 Å². The van der Waals surface area contributed by atoms with Crippen molar-refractivity contribution in [2.75, 3.05) is 0 Å². The molecular weight excluding hydrogens is 228 g/mol. The van der Waals surface area contributed by atoms with Gasteiger partial charge in [0, 0.05) is 12.5 Å². The number of rotatable bonds is 5. The van der Waals surface area contributed by atoms with E-state index in [0.29, 0.717) is 0 Å². The third-order valence-electron chi connectivity index (χ3n) is 3.30. The van der Waals surface area contributed by atoms with E-state index in [2.05, 4.69) is 26.1 Å². The molecule has 0 fully saturated rings. The minimum atomic E-state index is -0.975. The summed E-state index contributed by atoms with van der Waals surface area (Å²) in [5, 5.41) is 12.8. The number of hydrogen-bond acceptors (Lipinski definition) is 3. The molecule has 0 aromatic carbocycles. The second kappa shape index (κ2) is 5.57. The van der Waals surface area contributed by atoms with Crippen molar-refractivity contribution in [1.29, 1.82) is 0 Å². The Morgan fingerprint density at radius 3 is 1.94 bits per heavy atom. The van der Waals surface area contributed by atoms with E-state index in [-0.39, 0.29) is 23.8 Å². The molecular formula is C14H30N2O2. The van der Waals surface area contributed by atoms with E-state index in [9.17, 15) is 9.90 Å². The average molecular weight is 258 g/mol. The van der Waals surface area contributed by atoms with Gasteiger partial charge in [-0.25, -0.2) is 0 Å². The number of aliphatic hydroxyl groups is 1. The quantitative estimate of drug-likeness (QED) is 0.704. The Morgan fingerprint density at radius 2 is 1.61 bits per heavy atom. The molecule has 1 atom stereocenters. The van der Waals surface area contributed by atoms with E-state index in [1.54, 1.807) is 27.7 Å². The van der Waals surface area contributed by atoms with Crippen LogP contribution in [0.25, 0.3) is 0 Å². The van der Waals surface area contributed by atoms with Crippen LogP contribution in [0.15, 0.2) is 0 Å². The van der Waals surface area contributed by atoms with Crippen LogP contribution in [0.4, 0.5) is 0 Å².